The van der Waals surface area contributed by atoms with E-state index in [0.717, 1.165) is 88.9 Å². The van der Waals surface area contributed by atoms with Gasteiger partial charge in [-0.3, -0.25) is 0 Å². The van der Waals surface area contributed by atoms with Gasteiger partial charge in [-0.15, -0.1) is 0 Å². The van der Waals surface area contributed by atoms with Gasteiger partial charge in [-0.05, 0) is 138 Å². The van der Waals surface area contributed by atoms with Crippen LogP contribution in [0, 0.1) is 0 Å². The average Bonchev–Trinajstić information content (AvgIpc) is 3.91. The SMILES string of the molecule is c1ccc(-c2ccc(N(c3ccc(-c4ccccc4)cc3)c3ccc(-c4ccc(N(c5ccc(-c6ccccc6)cc5)c5cc6ccccc6c6c5oc5ccc7ccccc7c56)c5ccccc45)cc3)cc2)cc1. The first-order chi connectivity index (χ1) is 37.2. The lowest BCUT2D eigenvalue weighted by atomic mass is 9.95. The zero-order chi connectivity index (χ0) is 49.7. The number of furan rings is 1. The predicted molar refractivity (Wildman–Crippen MR) is 317 cm³/mol. The number of nitrogens with zero attached hydrogens (tertiary/aromatic N) is 2. The van der Waals surface area contributed by atoms with Gasteiger partial charge in [-0.25, -0.2) is 0 Å². The molecule has 352 valence electrons. The highest BCUT2D eigenvalue weighted by atomic mass is 16.3. The second kappa shape index (κ2) is 18.6. The van der Waals surface area contributed by atoms with Gasteiger partial charge in [0.15, 0.2) is 5.58 Å². The quantitative estimate of drug-likeness (QED) is 0.136. The zero-order valence-corrected chi connectivity index (χ0v) is 41.0. The molecule has 0 aliphatic heterocycles. The molecule has 0 radical (unpaired) electrons. The summed E-state index contributed by atoms with van der Waals surface area (Å²) in [4.78, 5) is 4.76. The third-order valence-electron chi connectivity index (χ3n) is 14.9. The average molecular weight is 957 g/mol. The Morgan fingerprint density at radius 2 is 0.640 bits per heavy atom. The molecule has 14 rings (SSSR count). The van der Waals surface area contributed by atoms with Crippen LogP contribution in [-0.2, 0) is 0 Å². The monoisotopic (exact) mass is 956 g/mol. The van der Waals surface area contributed by atoms with Crippen LogP contribution in [0.5, 0.6) is 0 Å². The summed E-state index contributed by atoms with van der Waals surface area (Å²) in [5.74, 6) is 0. The van der Waals surface area contributed by atoms with Crippen LogP contribution in [0.4, 0.5) is 34.1 Å². The summed E-state index contributed by atoms with van der Waals surface area (Å²) in [5.41, 5.74) is 17.4. The van der Waals surface area contributed by atoms with E-state index in [1.54, 1.807) is 0 Å². The molecule has 0 unspecified atom stereocenters. The van der Waals surface area contributed by atoms with Gasteiger partial charge in [0, 0.05) is 38.9 Å². The summed E-state index contributed by atoms with van der Waals surface area (Å²) in [6.07, 6.45) is 0. The van der Waals surface area contributed by atoms with Gasteiger partial charge in [-0.2, -0.15) is 0 Å². The van der Waals surface area contributed by atoms with Crippen molar-refractivity contribution in [2.24, 2.45) is 0 Å². The van der Waals surface area contributed by atoms with Gasteiger partial charge < -0.3 is 14.2 Å². The van der Waals surface area contributed by atoms with Gasteiger partial charge in [-0.1, -0.05) is 224 Å². The minimum absolute atomic E-state index is 0.852. The van der Waals surface area contributed by atoms with E-state index in [9.17, 15) is 0 Å². The summed E-state index contributed by atoms with van der Waals surface area (Å²) < 4.78 is 7.12. The summed E-state index contributed by atoms with van der Waals surface area (Å²) >= 11 is 0. The number of hydrogen-bond donors (Lipinski definition) is 0. The first kappa shape index (κ1) is 43.8. The fourth-order valence-corrected chi connectivity index (χ4v) is 11.2. The number of anilines is 6. The highest BCUT2D eigenvalue weighted by Gasteiger charge is 2.25. The molecule has 0 spiro atoms. The second-order valence-electron chi connectivity index (χ2n) is 19.2. The third kappa shape index (κ3) is 7.86. The standard InChI is InChI=1S/C72H48N2O/c1-4-16-49(17-5-1)52-28-37-58(38-29-52)73(59-39-30-53(31-40-59)50-18-6-2-7-19-50)60-43-34-56(35-44-60)62-45-46-67(66-27-15-14-26-65(62)66)74(61-41-32-54(33-42-61)51-20-8-3-9-21-51)68-48-57-23-11-13-25-64(57)71-70-63-24-12-10-22-55(63)36-47-69(70)75-72(68)71/h1-48H. The molecule has 0 aliphatic carbocycles. The summed E-state index contributed by atoms with van der Waals surface area (Å²) in [6.45, 7) is 0. The maximum Gasteiger partial charge on any atom is 0.160 e. The van der Waals surface area contributed by atoms with E-state index in [2.05, 4.69) is 301 Å². The molecule has 3 heteroatoms. The van der Waals surface area contributed by atoms with E-state index in [1.807, 2.05) is 0 Å². The van der Waals surface area contributed by atoms with Gasteiger partial charge in [0.05, 0.1) is 11.4 Å². The zero-order valence-electron chi connectivity index (χ0n) is 41.0. The number of rotatable bonds is 10. The van der Waals surface area contributed by atoms with E-state index < -0.39 is 0 Å². The van der Waals surface area contributed by atoms with Crippen molar-refractivity contribution in [3.63, 3.8) is 0 Å². The minimum atomic E-state index is 0.852. The maximum atomic E-state index is 7.12. The van der Waals surface area contributed by atoms with Gasteiger partial charge in [0.1, 0.15) is 5.58 Å². The van der Waals surface area contributed by atoms with E-state index in [0.29, 0.717) is 0 Å². The second-order valence-corrected chi connectivity index (χ2v) is 19.2. The van der Waals surface area contributed by atoms with E-state index >= 15 is 0 Å². The van der Waals surface area contributed by atoms with Crippen molar-refractivity contribution in [1.82, 2.24) is 0 Å². The van der Waals surface area contributed by atoms with Crippen LogP contribution < -0.4 is 9.80 Å². The van der Waals surface area contributed by atoms with Crippen molar-refractivity contribution in [2.75, 3.05) is 9.80 Å². The van der Waals surface area contributed by atoms with Crippen LogP contribution in [-0.4, -0.2) is 0 Å². The van der Waals surface area contributed by atoms with Crippen molar-refractivity contribution in [1.29, 1.82) is 0 Å². The maximum absolute atomic E-state index is 7.12. The number of fused-ring (bicyclic) bond motifs is 8. The summed E-state index contributed by atoms with van der Waals surface area (Å²) in [6, 6.07) is 105. The van der Waals surface area contributed by atoms with Gasteiger partial charge in [0.25, 0.3) is 0 Å². The summed E-state index contributed by atoms with van der Waals surface area (Å²) in [5, 5.41) is 9.23. The van der Waals surface area contributed by atoms with Crippen molar-refractivity contribution in [3.8, 4) is 44.5 Å². The van der Waals surface area contributed by atoms with Crippen molar-refractivity contribution in [2.45, 2.75) is 0 Å². The lowest BCUT2D eigenvalue weighted by Gasteiger charge is -2.28. The fourth-order valence-electron chi connectivity index (χ4n) is 11.2. The van der Waals surface area contributed by atoms with Crippen molar-refractivity contribution >= 4 is 88.4 Å². The highest BCUT2D eigenvalue weighted by Crippen LogP contribution is 2.50. The molecule has 0 fully saturated rings. The van der Waals surface area contributed by atoms with Crippen molar-refractivity contribution in [3.05, 3.63) is 291 Å². The topological polar surface area (TPSA) is 19.6 Å². The lowest BCUT2D eigenvalue weighted by Crippen LogP contribution is -2.11. The van der Waals surface area contributed by atoms with Crippen LogP contribution in [0.15, 0.2) is 296 Å². The first-order valence-electron chi connectivity index (χ1n) is 25.6. The van der Waals surface area contributed by atoms with Crippen molar-refractivity contribution < 1.29 is 4.42 Å². The van der Waals surface area contributed by atoms with Crippen LogP contribution in [0.2, 0.25) is 0 Å². The Morgan fingerprint density at radius 3 is 1.16 bits per heavy atom. The molecule has 14 aromatic rings. The Kier molecular flexibility index (Phi) is 10.8. The Bertz CT molecular complexity index is 4280. The molecule has 0 saturated carbocycles. The normalized spacial score (nSPS) is 11.5. The molecule has 0 N–H and O–H groups in total. The molecule has 0 bridgehead atoms. The predicted octanol–water partition coefficient (Wildman–Crippen LogP) is 20.7. The first-order valence-corrected chi connectivity index (χ1v) is 25.6. The lowest BCUT2D eigenvalue weighted by molar-refractivity contribution is 0.669. The molecule has 0 saturated heterocycles. The molecule has 75 heavy (non-hydrogen) atoms. The molecule has 0 atom stereocenters. The Morgan fingerprint density at radius 1 is 0.240 bits per heavy atom. The molecule has 1 heterocycles. The minimum Gasteiger partial charge on any atom is -0.454 e. The Hall–Kier alpha value is -9.96. The van der Waals surface area contributed by atoms with Gasteiger partial charge in [0.2, 0.25) is 0 Å². The molecular weight excluding hydrogens is 909 g/mol. The Labute approximate surface area is 436 Å². The third-order valence-corrected chi connectivity index (χ3v) is 14.9. The largest absolute Gasteiger partial charge is 0.454 e. The number of benzene rings is 13. The molecule has 3 nitrogen and oxygen atoms in total. The summed E-state index contributed by atoms with van der Waals surface area (Å²) in [7, 11) is 0. The molecule has 1 aromatic heterocycles. The van der Waals surface area contributed by atoms with E-state index in [4.69, 9.17) is 4.42 Å². The molecule has 13 aromatic carbocycles. The van der Waals surface area contributed by atoms with Crippen LogP contribution >= 0.6 is 0 Å². The molecule has 0 amide bonds. The van der Waals surface area contributed by atoms with Gasteiger partial charge >= 0.3 is 0 Å². The number of hydrogen-bond acceptors (Lipinski definition) is 3. The Balaban J connectivity index is 0.911. The van der Waals surface area contributed by atoms with Crippen LogP contribution in [0.25, 0.3) is 98.8 Å². The molecular formula is C72H48N2O. The van der Waals surface area contributed by atoms with E-state index in [-0.39, 0.29) is 0 Å². The van der Waals surface area contributed by atoms with Crippen LogP contribution in [0.1, 0.15) is 0 Å². The fraction of sp³-hybridized carbons (Fsp3) is 0. The highest BCUT2D eigenvalue weighted by molar-refractivity contribution is 6.29. The van der Waals surface area contributed by atoms with E-state index in [1.165, 1.54) is 44.0 Å². The van der Waals surface area contributed by atoms with Crippen LogP contribution in [0.3, 0.4) is 0 Å². The molecule has 0 aliphatic rings. The smallest absolute Gasteiger partial charge is 0.160 e.